The Bertz CT molecular complexity index is 1010. The third-order valence-corrected chi connectivity index (χ3v) is 5.50. The molecule has 0 saturated carbocycles. The van der Waals surface area contributed by atoms with Crippen molar-refractivity contribution in [2.45, 2.75) is 24.9 Å². The van der Waals surface area contributed by atoms with Gasteiger partial charge in [0.05, 0.1) is 11.8 Å². The van der Waals surface area contributed by atoms with E-state index in [1.54, 1.807) is 6.07 Å². The lowest BCUT2D eigenvalue weighted by atomic mass is 9.86. The van der Waals surface area contributed by atoms with E-state index in [1.165, 1.54) is 7.05 Å². The van der Waals surface area contributed by atoms with Crippen molar-refractivity contribution in [3.05, 3.63) is 35.0 Å². The number of likely N-dealkylation sites (tertiary alicyclic amines) is 1. The molecule has 0 amide bonds. The number of anilines is 4. The Hall–Kier alpha value is -3.39. The lowest BCUT2D eigenvalue weighted by Gasteiger charge is -2.31. The van der Waals surface area contributed by atoms with E-state index in [0.717, 1.165) is 37.7 Å². The number of nitrogens with one attached hydrogen (secondary N) is 4. The lowest BCUT2D eigenvalue weighted by Crippen LogP contribution is -2.29. The third kappa shape index (κ3) is 5.08. The SMILES string of the molecule is CNc1nc(Nc2ccc(C3CCN(C)CC3)c(NCC#N)c2C=N)ncc1C(F)(F)F. The second kappa shape index (κ2) is 9.82. The van der Waals surface area contributed by atoms with Gasteiger partial charge in [-0.05, 0) is 50.5 Å². The fraction of sp³-hybridized carbons (Fsp3) is 0.429. The highest BCUT2D eigenvalue weighted by Crippen LogP contribution is 2.38. The van der Waals surface area contributed by atoms with Crippen LogP contribution in [0.3, 0.4) is 0 Å². The molecule has 4 N–H and O–H groups in total. The highest BCUT2D eigenvalue weighted by atomic mass is 19.4. The van der Waals surface area contributed by atoms with Crippen LogP contribution in [0.1, 0.15) is 35.4 Å². The summed E-state index contributed by atoms with van der Waals surface area (Å²) in [6, 6.07) is 5.75. The first-order valence-corrected chi connectivity index (χ1v) is 10.1. The van der Waals surface area contributed by atoms with E-state index in [-0.39, 0.29) is 24.2 Å². The second-order valence-corrected chi connectivity index (χ2v) is 7.55. The number of piperidine rings is 1. The van der Waals surface area contributed by atoms with Gasteiger partial charge in [0.1, 0.15) is 17.9 Å². The number of hydrogen-bond acceptors (Lipinski definition) is 8. The van der Waals surface area contributed by atoms with E-state index in [1.807, 2.05) is 6.07 Å². The monoisotopic (exact) mass is 446 g/mol. The molecule has 8 nitrogen and oxygen atoms in total. The molecule has 1 aromatic carbocycles. The first-order chi connectivity index (χ1) is 15.3. The van der Waals surface area contributed by atoms with Crippen molar-refractivity contribution in [1.82, 2.24) is 14.9 Å². The summed E-state index contributed by atoms with van der Waals surface area (Å²) in [5.74, 6) is -0.112. The summed E-state index contributed by atoms with van der Waals surface area (Å²) in [5.41, 5.74) is 1.67. The molecule has 1 aliphatic rings. The van der Waals surface area contributed by atoms with E-state index in [9.17, 15) is 13.2 Å². The smallest absolute Gasteiger partial charge is 0.372 e. The molecular weight excluding hydrogens is 421 g/mol. The Morgan fingerprint density at radius 2 is 2.03 bits per heavy atom. The third-order valence-electron chi connectivity index (χ3n) is 5.50. The number of nitrogens with zero attached hydrogens (tertiary/aromatic N) is 4. The van der Waals surface area contributed by atoms with E-state index in [0.29, 0.717) is 23.1 Å². The average molecular weight is 446 g/mol. The minimum Gasteiger partial charge on any atom is -0.372 e. The molecule has 2 aromatic rings. The van der Waals surface area contributed by atoms with Gasteiger partial charge >= 0.3 is 6.18 Å². The summed E-state index contributed by atoms with van der Waals surface area (Å²) in [7, 11) is 3.43. The molecule has 11 heteroatoms. The van der Waals surface area contributed by atoms with E-state index in [4.69, 9.17) is 10.7 Å². The van der Waals surface area contributed by atoms with Crippen LogP contribution in [0.25, 0.3) is 0 Å². The summed E-state index contributed by atoms with van der Waals surface area (Å²) in [6.45, 7) is 1.97. The van der Waals surface area contributed by atoms with Crippen molar-refractivity contribution < 1.29 is 13.2 Å². The number of alkyl halides is 3. The fourth-order valence-electron chi connectivity index (χ4n) is 3.84. The number of benzene rings is 1. The largest absolute Gasteiger partial charge is 0.421 e. The summed E-state index contributed by atoms with van der Waals surface area (Å²) >= 11 is 0. The van der Waals surface area contributed by atoms with E-state index < -0.39 is 11.7 Å². The summed E-state index contributed by atoms with van der Waals surface area (Å²) in [4.78, 5) is 9.99. The minimum atomic E-state index is -4.58. The molecule has 3 rings (SSSR count). The number of rotatable bonds is 7. The van der Waals surface area contributed by atoms with Crippen LogP contribution in [-0.4, -0.2) is 54.8 Å². The maximum absolute atomic E-state index is 13.1. The van der Waals surface area contributed by atoms with Crippen LogP contribution in [0, 0.1) is 16.7 Å². The minimum absolute atomic E-state index is 0.0382. The zero-order valence-electron chi connectivity index (χ0n) is 17.8. The molecule has 170 valence electrons. The van der Waals surface area contributed by atoms with Gasteiger partial charge in [-0.3, -0.25) is 0 Å². The summed E-state index contributed by atoms with van der Waals surface area (Å²) in [6.07, 6.45) is -0.803. The highest BCUT2D eigenvalue weighted by molar-refractivity contribution is 5.95. The number of aromatic nitrogens is 2. The Kier molecular flexibility index (Phi) is 7.15. The molecule has 0 spiro atoms. The molecule has 0 radical (unpaired) electrons. The van der Waals surface area contributed by atoms with Gasteiger partial charge in [-0.2, -0.15) is 23.4 Å². The molecule has 32 heavy (non-hydrogen) atoms. The fourth-order valence-corrected chi connectivity index (χ4v) is 3.84. The van der Waals surface area contributed by atoms with Gasteiger partial charge in [-0.1, -0.05) is 6.07 Å². The van der Waals surface area contributed by atoms with Gasteiger partial charge in [0.15, 0.2) is 0 Å². The van der Waals surface area contributed by atoms with Crippen molar-refractivity contribution in [3.63, 3.8) is 0 Å². The molecule has 0 bridgehead atoms. The zero-order chi connectivity index (χ0) is 23.3. The van der Waals surface area contributed by atoms with Gasteiger partial charge in [0.25, 0.3) is 0 Å². The first kappa shape index (κ1) is 23.3. The predicted octanol–water partition coefficient (Wildman–Crippen LogP) is 4.02. The van der Waals surface area contributed by atoms with Gasteiger partial charge in [0, 0.05) is 30.7 Å². The van der Waals surface area contributed by atoms with Crippen LogP contribution in [0.4, 0.5) is 36.3 Å². The van der Waals surface area contributed by atoms with Gasteiger partial charge in [-0.25, -0.2) is 4.98 Å². The van der Waals surface area contributed by atoms with Gasteiger partial charge in [-0.15, -0.1) is 0 Å². The molecule has 0 atom stereocenters. The molecule has 0 aliphatic carbocycles. The predicted molar refractivity (Wildman–Crippen MR) is 118 cm³/mol. The number of hydrogen-bond donors (Lipinski definition) is 4. The van der Waals surface area contributed by atoms with Crippen LogP contribution in [0.15, 0.2) is 18.3 Å². The van der Waals surface area contributed by atoms with Crippen molar-refractivity contribution in [3.8, 4) is 6.07 Å². The van der Waals surface area contributed by atoms with Crippen LogP contribution >= 0.6 is 0 Å². The topological polar surface area (TPSA) is 113 Å². The van der Waals surface area contributed by atoms with Crippen LogP contribution < -0.4 is 16.0 Å². The first-order valence-electron chi connectivity index (χ1n) is 10.1. The average Bonchev–Trinajstić information content (AvgIpc) is 2.77. The number of halogens is 3. The lowest BCUT2D eigenvalue weighted by molar-refractivity contribution is -0.137. The van der Waals surface area contributed by atoms with E-state index >= 15 is 0 Å². The second-order valence-electron chi connectivity index (χ2n) is 7.55. The molecule has 1 aromatic heterocycles. The number of nitriles is 1. The molecule has 2 heterocycles. The Balaban J connectivity index is 1.98. The molecule has 1 fully saturated rings. The normalized spacial score (nSPS) is 15.1. The van der Waals surface area contributed by atoms with Crippen LogP contribution in [0.5, 0.6) is 0 Å². The Morgan fingerprint density at radius 3 is 2.62 bits per heavy atom. The molecule has 1 aliphatic heterocycles. The van der Waals surface area contributed by atoms with Crippen molar-refractivity contribution in [2.24, 2.45) is 0 Å². The van der Waals surface area contributed by atoms with Gasteiger partial charge in [0.2, 0.25) is 5.95 Å². The maximum atomic E-state index is 13.1. The Labute approximate surface area is 184 Å². The molecule has 0 unspecified atom stereocenters. The van der Waals surface area contributed by atoms with Crippen molar-refractivity contribution in [1.29, 1.82) is 10.7 Å². The Morgan fingerprint density at radius 1 is 1.31 bits per heavy atom. The quantitative estimate of drug-likeness (QED) is 0.375. The van der Waals surface area contributed by atoms with Crippen molar-refractivity contribution >= 4 is 29.4 Å². The van der Waals surface area contributed by atoms with Gasteiger partial charge < -0.3 is 26.3 Å². The molecular formula is C21H25F3N8. The van der Waals surface area contributed by atoms with Crippen LogP contribution in [0.2, 0.25) is 0 Å². The zero-order valence-corrected chi connectivity index (χ0v) is 17.8. The molecule has 1 saturated heterocycles. The summed E-state index contributed by atoms with van der Waals surface area (Å²) < 4.78 is 39.4. The maximum Gasteiger partial charge on any atom is 0.421 e. The van der Waals surface area contributed by atoms with Crippen LogP contribution in [-0.2, 0) is 6.18 Å². The summed E-state index contributed by atoms with van der Waals surface area (Å²) in [5, 5.41) is 25.5. The highest BCUT2D eigenvalue weighted by Gasteiger charge is 2.35. The standard InChI is InChI=1S/C21H25F3N8/c1-27-19-16(21(22,23)24)12-29-20(31-19)30-17-4-3-14(13-5-9-32(2)10-6-13)18(15(17)11-26)28-8-7-25/h3-4,11-13,26,28H,5-6,8-10H2,1-2H3,(H2,27,29,30,31). The van der Waals surface area contributed by atoms with Crippen molar-refractivity contribution in [2.75, 3.05) is 49.7 Å². The van der Waals surface area contributed by atoms with E-state index in [2.05, 4.69) is 43.9 Å².